The first-order chi connectivity index (χ1) is 8.34. The van der Waals surface area contributed by atoms with Crippen LogP contribution in [0.2, 0.25) is 0 Å². The number of fused-ring (bicyclic) bond motifs is 1. The molecule has 1 fully saturated rings. The van der Waals surface area contributed by atoms with Crippen LogP contribution in [0.25, 0.3) is 10.9 Å². The zero-order valence-corrected chi connectivity index (χ0v) is 10.3. The van der Waals surface area contributed by atoms with E-state index in [-0.39, 0.29) is 0 Å². The SMILES string of the molecule is Cn1ncc2cccc(CC3CCNCC3)c21. The number of rotatable bonds is 2. The summed E-state index contributed by atoms with van der Waals surface area (Å²) in [4.78, 5) is 0. The van der Waals surface area contributed by atoms with Gasteiger partial charge in [-0.25, -0.2) is 0 Å². The molecule has 0 atom stereocenters. The van der Waals surface area contributed by atoms with E-state index in [1.165, 1.54) is 48.8 Å². The normalized spacial score (nSPS) is 17.7. The summed E-state index contributed by atoms with van der Waals surface area (Å²) in [6.45, 7) is 2.35. The molecule has 1 saturated heterocycles. The van der Waals surface area contributed by atoms with Crippen molar-refractivity contribution < 1.29 is 0 Å². The van der Waals surface area contributed by atoms with Gasteiger partial charge in [-0.05, 0) is 43.8 Å². The van der Waals surface area contributed by atoms with Gasteiger partial charge in [0.15, 0.2) is 0 Å². The second-order valence-corrected chi connectivity index (χ2v) is 5.02. The highest BCUT2D eigenvalue weighted by molar-refractivity contribution is 5.81. The molecule has 1 N–H and O–H groups in total. The van der Waals surface area contributed by atoms with Crippen molar-refractivity contribution in [3.8, 4) is 0 Å². The standard InChI is InChI=1S/C14H19N3/c1-17-14-12(3-2-4-13(14)10-16-17)9-11-5-7-15-8-6-11/h2-4,10-11,15H,5-9H2,1H3. The third kappa shape index (κ3) is 2.07. The number of nitrogens with one attached hydrogen (secondary N) is 1. The minimum atomic E-state index is 0.830. The van der Waals surface area contributed by atoms with E-state index in [0.717, 1.165) is 5.92 Å². The molecule has 1 aliphatic heterocycles. The van der Waals surface area contributed by atoms with Gasteiger partial charge in [-0.15, -0.1) is 0 Å². The van der Waals surface area contributed by atoms with Crippen molar-refractivity contribution in [3.63, 3.8) is 0 Å². The first-order valence-corrected chi connectivity index (χ1v) is 6.45. The van der Waals surface area contributed by atoms with Crippen LogP contribution in [0.5, 0.6) is 0 Å². The fourth-order valence-electron chi connectivity index (χ4n) is 2.88. The van der Waals surface area contributed by atoms with Crippen LogP contribution in [0.3, 0.4) is 0 Å². The second-order valence-electron chi connectivity index (χ2n) is 5.02. The molecule has 1 aromatic heterocycles. The molecule has 1 aliphatic rings. The van der Waals surface area contributed by atoms with Crippen LogP contribution in [0.4, 0.5) is 0 Å². The Hall–Kier alpha value is -1.35. The lowest BCUT2D eigenvalue weighted by Gasteiger charge is -2.22. The lowest BCUT2D eigenvalue weighted by Crippen LogP contribution is -2.28. The third-order valence-corrected chi connectivity index (χ3v) is 3.81. The topological polar surface area (TPSA) is 29.9 Å². The number of hydrogen-bond acceptors (Lipinski definition) is 2. The molecule has 2 aromatic rings. The lowest BCUT2D eigenvalue weighted by atomic mass is 9.90. The quantitative estimate of drug-likeness (QED) is 0.855. The summed E-state index contributed by atoms with van der Waals surface area (Å²) in [5, 5.41) is 9.04. The van der Waals surface area contributed by atoms with Gasteiger partial charge >= 0.3 is 0 Å². The molecule has 3 nitrogen and oxygen atoms in total. The molecule has 0 bridgehead atoms. The molecule has 0 unspecified atom stereocenters. The Morgan fingerprint density at radius 2 is 2.18 bits per heavy atom. The summed E-state index contributed by atoms with van der Waals surface area (Å²) in [7, 11) is 2.04. The maximum Gasteiger partial charge on any atom is 0.0711 e. The van der Waals surface area contributed by atoms with E-state index in [1.807, 2.05) is 17.9 Å². The number of piperidine rings is 1. The van der Waals surface area contributed by atoms with Gasteiger partial charge in [0.1, 0.15) is 0 Å². The third-order valence-electron chi connectivity index (χ3n) is 3.81. The Kier molecular flexibility index (Phi) is 2.85. The molecule has 3 rings (SSSR count). The Bertz CT molecular complexity index is 509. The smallest absolute Gasteiger partial charge is 0.0711 e. The number of para-hydroxylation sites is 1. The highest BCUT2D eigenvalue weighted by atomic mass is 15.2. The van der Waals surface area contributed by atoms with Gasteiger partial charge in [-0.1, -0.05) is 18.2 Å². The Balaban J connectivity index is 1.91. The molecule has 3 heteroatoms. The fraction of sp³-hybridized carbons (Fsp3) is 0.500. The van der Waals surface area contributed by atoms with Gasteiger partial charge in [0, 0.05) is 12.4 Å². The van der Waals surface area contributed by atoms with Crippen LogP contribution in [-0.2, 0) is 13.5 Å². The predicted molar refractivity (Wildman–Crippen MR) is 70.0 cm³/mol. The monoisotopic (exact) mass is 229 g/mol. The Morgan fingerprint density at radius 3 is 3.00 bits per heavy atom. The van der Waals surface area contributed by atoms with E-state index < -0.39 is 0 Å². The van der Waals surface area contributed by atoms with Crippen LogP contribution in [0.15, 0.2) is 24.4 Å². The van der Waals surface area contributed by atoms with Crippen molar-refractivity contribution in [2.24, 2.45) is 13.0 Å². The summed E-state index contributed by atoms with van der Waals surface area (Å²) >= 11 is 0. The Morgan fingerprint density at radius 1 is 1.35 bits per heavy atom. The van der Waals surface area contributed by atoms with Gasteiger partial charge in [-0.3, -0.25) is 4.68 Å². The van der Waals surface area contributed by atoms with Crippen LogP contribution < -0.4 is 5.32 Å². The molecule has 0 saturated carbocycles. The molecule has 17 heavy (non-hydrogen) atoms. The van der Waals surface area contributed by atoms with Crippen LogP contribution >= 0.6 is 0 Å². The zero-order chi connectivity index (χ0) is 11.7. The zero-order valence-electron chi connectivity index (χ0n) is 10.3. The van der Waals surface area contributed by atoms with E-state index in [0.29, 0.717) is 0 Å². The van der Waals surface area contributed by atoms with Gasteiger partial charge in [0.05, 0.1) is 11.7 Å². The van der Waals surface area contributed by atoms with E-state index in [4.69, 9.17) is 0 Å². The highest BCUT2D eigenvalue weighted by Gasteiger charge is 2.15. The van der Waals surface area contributed by atoms with Crippen molar-refractivity contribution in [1.29, 1.82) is 0 Å². The summed E-state index contributed by atoms with van der Waals surface area (Å²) < 4.78 is 2.01. The molecular formula is C14H19N3. The summed E-state index contributed by atoms with van der Waals surface area (Å²) in [5.41, 5.74) is 2.76. The van der Waals surface area contributed by atoms with Crippen LogP contribution in [0, 0.1) is 5.92 Å². The average Bonchev–Trinajstić information content (AvgIpc) is 2.74. The second kappa shape index (κ2) is 4.49. The number of nitrogens with zero attached hydrogens (tertiary/aromatic N) is 2. The molecule has 0 amide bonds. The van der Waals surface area contributed by atoms with Crippen molar-refractivity contribution in [2.75, 3.05) is 13.1 Å². The summed E-state index contributed by atoms with van der Waals surface area (Å²) in [6, 6.07) is 6.56. The highest BCUT2D eigenvalue weighted by Crippen LogP contribution is 2.24. The van der Waals surface area contributed by atoms with Gasteiger partial charge in [0.2, 0.25) is 0 Å². The average molecular weight is 229 g/mol. The molecule has 0 radical (unpaired) electrons. The first-order valence-electron chi connectivity index (χ1n) is 6.45. The van der Waals surface area contributed by atoms with Crippen LogP contribution in [0.1, 0.15) is 18.4 Å². The van der Waals surface area contributed by atoms with Crippen molar-refractivity contribution in [2.45, 2.75) is 19.3 Å². The van der Waals surface area contributed by atoms with Gasteiger partial charge in [0.25, 0.3) is 0 Å². The lowest BCUT2D eigenvalue weighted by molar-refractivity contribution is 0.373. The van der Waals surface area contributed by atoms with Crippen molar-refractivity contribution in [3.05, 3.63) is 30.0 Å². The Labute approximate surface area is 102 Å². The first kappa shape index (κ1) is 10.8. The fourth-order valence-corrected chi connectivity index (χ4v) is 2.88. The van der Waals surface area contributed by atoms with Crippen molar-refractivity contribution in [1.82, 2.24) is 15.1 Å². The summed E-state index contributed by atoms with van der Waals surface area (Å²) in [5.74, 6) is 0.830. The minimum absolute atomic E-state index is 0.830. The number of aryl methyl sites for hydroxylation is 1. The van der Waals surface area contributed by atoms with Crippen molar-refractivity contribution >= 4 is 10.9 Å². The van der Waals surface area contributed by atoms with Crippen LogP contribution in [-0.4, -0.2) is 22.9 Å². The van der Waals surface area contributed by atoms with Gasteiger partial charge in [-0.2, -0.15) is 5.10 Å². The minimum Gasteiger partial charge on any atom is -0.317 e. The van der Waals surface area contributed by atoms with Gasteiger partial charge < -0.3 is 5.32 Å². The molecule has 2 heterocycles. The molecular weight excluding hydrogens is 210 g/mol. The van der Waals surface area contributed by atoms with E-state index >= 15 is 0 Å². The number of aromatic nitrogens is 2. The van der Waals surface area contributed by atoms with E-state index in [1.54, 1.807) is 0 Å². The number of benzene rings is 1. The largest absolute Gasteiger partial charge is 0.317 e. The number of hydrogen-bond donors (Lipinski definition) is 1. The summed E-state index contributed by atoms with van der Waals surface area (Å²) in [6.07, 6.45) is 5.75. The molecule has 1 aromatic carbocycles. The predicted octanol–water partition coefficient (Wildman–Crippen LogP) is 2.12. The molecule has 0 aliphatic carbocycles. The molecule has 0 spiro atoms. The maximum atomic E-state index is 4.35. The van der Waals surface area contributed by atoms with E-state index in [2.05, 4.69) is 28.6 Å². The maximum absolute atomic E-state index is 4.35. The van der Waals surface area contributed by atoms with E-state index in [9.17, 15) is 0 Å². The molecule has 90 valence electrons.